The van der Waals surface area contributed by atoms with E-state index in [2.05, 4.69) is 4.98 Å². The number of para-hydroxylation sites is 1. The van der Waals surface area contributed by atoms with Gasteiger partial charge < -0.3 is 20.4 Å². The van der Waals surface area contributed by atoms with E-state index in [4.69, 9.17) is 10.5 Å². The van der Waals surface area contributed by atoms with Crippen LogP contribution in [0.3, 0.4) is 0 Å². The molecule has 1 heterocycles. The van der Waals surface area contributed by atoms with Gasteiger partial charge >= 0.3 is 5.97 Å². The van der Waals surface area contributed by atoms with Gasteiger partial charge in [-0.25, -0.2) is 0 Å². The van der Waals surface area contributed by atoms with E-state index in [0.29, 0.717) is 19.6 Å². The maximum atomic E-state index is 11.8. The predicted molar refractivity (Wildman–Crippen MR) is 79.5 cm³/mol. The van der Waals surface area contributed by atoms with Crippen LogP contribution >= 0.6 is 0 Å². The SMILES string of the molecule is CN(C)CCOC(=O)[C@H](N)Cc1c[nH]c2ccccc12. The first-order valence-corrected chi connectivity index (χ1v) is 6.70. The van der Waals surface area contributed by atoms with Crippen molar-refractivity contribution in [1.29, 1.82) is 0 Å². The summed E-state index contributed by atoms with van der Waals surface area (Å²) in [5.74, 6) is -0.350. The number of fused-ring (bicyclic) bond motifs is 1. The standard InChI is InChI=1S/C15H21N3O2/c1-18(2)7-8-20-15(19)13(16)9-11-10-17-14-6-4-3-5-12(11)14/h3-6,10,13,17H,7-9,16H2,1-2H3/t13-/m1/s1. The fourth-order valence-corrected chi connectivity index (χ4v) is 2.06. The quantitative estimate of drug-likeness (QED) is 0.776. The summed E-state index contributed by atoms with van der Waals surface area (Å²) in [5, 5.41) is 1.10. The van der Waals surface area contributed by atoms with Gasteiger partial charge in [-0.1, -0.05) is 18.2 Å². The van der Waals surface area contributed by atoms with Gasteiger partial charge in [0.05, 0.1) is 0 Å². The average Bonchev–Trinajstić information content (AvgIpc) is 2.81. The maximum Gasteiger partial charge on any atom is 0.323 e. The number of nitrogens with one attached hydrogen (secondary N) is 1. The van der Waals surface area contributed by atoms with Gasteiger partial charge in [-0.3, -0.25) is 4.79 Å². The van der Waals surface area contributed by atoms with Gasteiger partial charge in [0.1, 0.15) is 12.6 Å². The summed E-state index contributed by atoms with van der Waals surface area (Å²) in [5.41, 5.74) is 8.01. The lowest BCUT2D eigenvalue weighted by Crippen LogP contribution is -2.35. The fraction of sp³-hybridized carbons (Fsp3) is 0.400. The summed E-state index contributed by atoms with van der Waals surface area (Å²) in [6.07, 6.45) is 2.38. The van der Waals surface area contributed by atoms with Crippen molar-refractivity contribution in [2.75, 3.05) is 27.2 Å². The Morgan fingerprint density at radius 1 is 1.40 bits per heavy atom. The Kier molecular flexibility index (Phi) is 4.76. The number of rotatable bonds is 6. The smallest absolute Gasteiger partial charge is 0.323 e. The summed E-state index contributed by atoms with van der Waals surface area (Å²) in [4.78, 5) is 16.9. The Balaban J connectivity index is 1.93. The summed E-state index contributed by atoms with van der Waals surface area (Å²) < 4.78 is 5.16. The summed E-state index contributed by atoms with van der Waals surface area (Å²) >= 11 is 0. The fourth-order valence-electron chi connectivity index (χ4n) is 2.06. The lowest BCUT2D eigenvalue weighted by molar-refractivity contribution is -0.145. The first kappa shape index (κ1) is 14.6. The van der Waals surface area contributed by atoms with Gasteiger partial charge in [-0.15, -0.1) is 0 Å². The minimum atomic E-state index is -0.628. The zero-order valence-electron chi connectivity index (χ0n) is 11.9. The molecule has 2 rings (SSSR count). The van der Waals surface area contributed by atoms with E-state index in [0.717, 1.165) is 16.5 Å². The van der Waals surface area contributed by atoms with Crippen LogP contribution in [0.15, 0.2) is 30.5 Å². The highest BCUT2D eigenvalue weighted by atomic mass is 16.5. The highest BCUT2D eigenvalue weighted by Gasteiger charge is 2.17. The van der Waals surface area contributed by atoms with Crippen LogP contribution in [0.2, 0.25) is 0 Å². The van der Waals surface area contributed by atoms with Gasteiger partial charge in [0.25, 0.3) is 0 Å². The Morgan fingerprint density at radius 3 is 2.90 bits per heavy atom. The Bertz CT molecular complexity index is 577. The first-order chi connectivity index (χ1) is 9.58. The highest BCUT2D eigenvalue weighted by molar-refractivity contribution is 5.84. The molecule has 108 valence electrons. The van der Waals surface area contributed by atoms with Crippen molar-refractivity contribution in [3.8, 4) is 0 Å². The van der Waals surface area contributed by atoms with E-state index < -0.39 is 6.04 Å². The molecule has 1 atom stereocenters. The molecule has 1 aromatic carbocycles. The van der Waals surface area contributed by atoms with Crippen molar-refractivity contribution in [2.45, 2.75) is 12.5 Å². The van der Waals surface area contributed by atoms with Gasteiger partial charge in [-0.2, -0.15) is 0 Å². The van der Waals surface area contributed by atoms with Crippen molar-refractivity contribution >= 4 is 16.9 Å². The summed E-state index contributed by atoms with van der Waals surface area (Å²) in [6.45, 7) is 1.07. The number of ether oxygens (including phenoxy) is 1. The molecule has 2 aromatic rings. The molecule has 0 aliphatic rings. The largest absolute Gasteiger partial charge is 0.463 e. The second-order valence-corrected chi connectivity index (χ2v) is 5.14. The number of nitrogens with two attached hydrogens (primary N) is 1. The zero-order valence-corrected chi connectivity index (χ0v) is 11.9. The molecule has 5 nitrogen and oxygen atoms in total. The van der Waals surface area contributed by atoms with Crippen LogP contribution in [0.25, 0.3) is 10.9 Å². The first-order valence-electron chi connectivity index (χ1n) is 6.70. The number of carbonyl (C=O) groups excluding carboxylic acids is 1. The minimum absolute atomic E-state index is 0.350. The summed E-state index contributed by atoms with van der Waals surface area (Å²) in [7, 11) is 3.86. The van der Waals surface area contributed by atoms with Crippen molar-refractivity contribution in [2.24, 2.45) is 5.73 Å². The number of nitrogens with zero attached hydrogens (tertiary/aromatic N) is 1. The molecule has 0 unspecified atom stereocenters. The molecule has 0 fully saturated rings. The molecule has 0 aliphatic carbocycles. The number of benzene rings is 1. The van der Waals surface area contributed by atoms with Gasteiger partial charge in [-0.05, 0) is 25.7 Å². The topological polar surface area (TPSA) is 71.3 Å². The van der Waals surface area contributed by atoms with Crippen molar-refractivity contribution in [3.05, 3.63) is 36.0 Å². The molecule has 0 radical (unpaired) electrons. The van der Waals surface area contributed by atoms with Crippen LogP contribution in [-0.4, -0.2) is 49.1 Å². The Morgan fingerprint density at radius 2 is 2.15 bits per heavy atom. The second kappa shape index (κ2) is 6.54. The van der Waals surface area contributed by atoms with Crippen LogP contribution in [-0.2, 0) is 16.0 Å². The van der Waals surface area contributed by atoms with Crippen molar-refractivity contribution in [1.82, 2.24) is 9.88 Å². The van der Waals surface area contributed by atoms with Crippen molar-refractivity contribution in [3.63, 3.8) is 0 Å². The number of H-pyrrole nitrogens is 1. The molecule has 1 aromatic heterocycles. The van der Waals surface area contributed by atoms with Crippen LogP contribution in [0.5, 0.6) is 0 Å². The molecule has 3 N–H and O–H groups in total. The lowest BCUT2D eigenvalue weighted by atomic mass is 10.1. The molecule has 0 aliphatic heterocycles. The van der Waals surface area contributed by atoms with E-state index in [1.54, 1.807) is 0 Å². The van der Waals surface area contributed by atoms with Gasteiger partial charge in [0.2, 0.25) is 0 Å². The maximum absolute atomic E-state index is 11.8. The van der Waals surface area contributed by atoms with Gasteiger partial charge in [0.15, 0.2) is 0 Å². The number of carbonyl (C=O) groups is 1. The predicted octanol–water partition coefficient (Wildman–Crippen LogP) is 1.14. The van der Waals surface area contributed by atoms with E-state index >= 15 is 0 Å². The van der Waals surface area contributed by atoms with E-state index in [1.165, 1.54) is 0 Å². The molecule has 0 saturated heterocycles. The number of esters is 1. The third-order valence-electron chi connectivity index (χ3n) is 3.20. The van der Waals surface area contributed by atoms with E-state index in [1.807, 2.05) is 49.5 Å². The third kappa shape index (κ3) is 3.59. The van der Waals surface area contributed by atoms with Crippen LogP contribution in [0.4, 0.5) is 0 Å². The lowest BCUT2D eigenvalue weighted by Gasteiger charge is -2.13. The van der Waals surface area contributed by atoms with Crippen molar-refractivity contribution < 1.29 is 9.53 Å². The summed E-state index contributed by atoms with van der Waals surface area (Å²) in [6, 6.07) is 7.33. The Labute approximate surface area is 118 Å². The van der Waals surface area contributed by atoms with Crippen LogP contribution in [0, 0.1) is 0 Å². The van der Waals surface area contributed by atoms with E-state index in [9.17, 15) is 4.79 Å². The number of hydrogen-bond donors (Lipinski definition) is 2. The number of aromatic amines is 1. The molecular formula is C15H21N3O2. The minimum Gasteiger partial charge on any atom is -0.463 e. The molecular weight excluding hydrogens is 254 g/mol. The molecule has 0 spiro atoms. The second-order valence-electron chi connectivity index (χ2n) is 5.14. The van der Waals surface area contributed by atoms with E-state index in [-0.39, 0.29) is 5.97 Å². The zero-order chi connectivity index (χ0) is 14.5. The number of hydrogen-bond acceptors (Lipinski definition) is 4. The Hall–Kier alpha value is -1.85. The van der Waals surface area contributed by atoms with Crippen LogP contribution < -0.4 is 5.73 Å². The monoisotopic (exact) mass is 275 g/mol. The molecule has 0 saturated carbocycles. The molecule has 20 heavy (non-hydrogen) atoms. The molecule has 5 heteroatoms. The van der Waals surface area contributed by atoms with Crippen LogP contribution in [0.1, 0.15) is 5.56 Å². The normalized spacial score (nSPS) is 12.8. The van der Waals surface area contributed by atoms with Gasteiger partial charge in [0, 0.05) is 30.1 Å². The average molecular weight is 275 g/mol. The number of likely N-dealkylation sites (N-methyl/N-ethyl adjacent to an activating group) is 1. The molecule has 0 amide bonds. The third-order valence-corrected chi connectivity index (χ3v) is 3.20. The molecule has 0 bridgehead atoms. The highest BCUT2D eigenvalue weighted by Crippen LogP contribution is 2.18. The number of aromatic nitrogens is 1.